The van der Waals surface area contributed by atoms with Gasteiger partial charge in [-0.25, -0.2) is 0 Å². The summed E-state index contributed by atoms with van der Waals surface area (Å²) in [6, 6.07) is 0. The topological polar surface area (TPSA) is 36.9 Å². The number of methoxy groups -OCH3 is 2. The number of ether oxygens (including phenoxy) is 4. The molecule has 0 aromatic rings. The van der Waals surface area contributed by atoms with Crippen LogP contribution in [0.15, 0.2) is 0 Å². The Labute approximate surface area is 120 Å². The minimum atomic E-state index is -0.395. The molecule has 0 radical (unpaired) electrons. The summed E-state index contributed by atoms with van der Waals surface area (Å²) in [5, 5.41) is 0. The zero-order valence-electron chi connectivity index (χ0n) is 8.99. The van der Waals surface area contributed by atoms with E-state index in [9.17, 15) is 0 Å². The largest absolute Gasteiger partial charge is 2.00 e. The molecule has 0 aliphatic carbocycles. The Morgan fingerprint density at radius 3 is 2.85 bits per heavy atom. The number of rotatable bonds is 3. The molecule has 13 heavy (non-hydrogen) atoms. The minimum Gasteiger partial charge on any atom is -1.00 e. The SMILES string of the molecule is COC[C@@]12CO[C@H]([CH-]O1)C2OC.[Ba+2].[H-]. The van der Waals surface area contributed by atoms with Crippen LogP contribution in [0.3, 0.4) is 0 Å². The van der Waals surface area contributed by atoms with Gasteiger partial charge in [0, 0.05) is 14.2 Å². The van der Waals surface area contributed by atoms with E-state index in [4.69, 9.17) is 18.9 Å². The fraction of sp³-hybridized carbons (Fsp3) is 0.875. The van der Waals surface area contributed by atoms with Crippen LogP contribution in [0.5, 0.6) is 0 Å². The Bertz CT molecular complexity index is 173. The van der Waals surface area contributed by atoms with Crippen LogP contribution in [0.2, 0.25) is 0 Å². The quantitative estimate of drug-likeness (QED) is 0.530. The second-order valence-electron chi connectivity index (χ2n) is 3.18. The molecule has 0 aromatic carbocycles. The molecular weight excluding hydrogens is 297 g/mol. The van der Waals surface area contributed by atoms with Crippen LogP contribution >= 0.6 is 0 Å². The van der Waals surface area contributed by atoms with E-state index in [1.54, 1.807) is 20.8 Å². The average molecular weight is 312 g/mol. The molecule has 2 saturated heterocycles. The molecular formula is C8H14BaO4. The van der Waals surface area contributed by atoms with Gasteiger partial charge in [-0.05, 0) is 6.10 Å². The third-order valence-corrected chi connectivity index (χ3v) is 2.42. The van der Waals surface area contributed by atoms with Crippen molar-refractivity contribution in [3.63, 3.8) is 0 Å². The summed E-state index contributed by atoms with van der Waals surface area (Å²) >= 11 is 0. The molecule has 0 N–H and O–H groups in total. The van der Waals surface area contributed by atoms with Crippen molar-refractivity contribution in [1.29, 1.82) is 0 Å². The van der Waals surface area contributed by atoms with E-state index in [-0.39, 0.29) is 62.5 Å². The van der Waals surface area contributed by atoms with Crippen molar-refractivity contribution in [3.05, 3.63) is 6.61 Å². The van der Waals surface area contributed by atoms with E-state index in [0.717, 1.165) is 0 Å². The van der Waals surface area contributed by atoms with Crippen molar-refractivity contribution in [3.8, 4) is 0 Å². The van der Waals surface area contributed by atoms with Crippen molar-refractivity contribution >= 4 is 48.9 Å². The first-order chi connectivity index (χ1) is 5.82. The van der Waals surface area contributed by atoms with Crippen LogP contribution < -0.4 is 0 Å². The van der Waals surface area contributed by atoms with Crippen LogP contribution in [-0.4, -0.2) is 94.1 Å². The van der Waals surface area contributed by atoms with E-state index >= 15 is 0 Å². The first kappa shape index (κ1) is 12.5. The minimum absolute atomic E-state index is 0. The summed E-state index contributed by atoms with van der Waals surface area (Å²) in [4.78, 5) is 0. The summed E-state index contributed by atoms with van der Waals surface area (Å²) in [5.41, 5.74) is -0.395. The summed E-state index contributed by atoms with van der Waals surface area (Å²) in [6.45, 7) is 2.76. The molecule has 72 valence electrons. The van der Waals surface area contributed by atoms with Crippen LogP contribution in [0.25, 0.3) is 0 Å². The molecule has 0 saturated carbocycles. The number of fused-ring (bicyclic) bond motifs is 2. The van der Waals surface area contributed by atoms with Crippen molar-refractivity contribution in [1.82, 2.24) is 0 Å². The molecule has 2 aliphatic heterocycles. The molecule has 2 bridgehead atoms. The van der Waals surface area contributed by atoms with Crippen molar-refractivity contribution in [2.45, 2.75) is 17.8 Å². The van der Waals surface area contributed by atoms with E-state index in [1.807, 2.05) is 0 Å². The zero-order chi connectivity index (χ0) is 8.60. The molecule has 2 heterocycles. The summed E-state index contributed by atoms with van der Waals surface area (Å²) < 4.78 is 21.3. The maximum atomic E-state index is 5.48. The van der Waals surface area contributed by atoms with E-state index in [1.165, 1.54) is 0 Å². The Morgan fingerprint density at radius 2 is 2.38 bits per heavy atom. The molecule has 1 unspecified atom stereocenters. The molecule has 0 amide bonds. The van der Waals surface area contributed by atoms with Gasteiger partial charge < -0.3 is 20.4 Å². The molecule has 2 fully saturated rings. The molecule has 2 aliphatic rings. The Hall–Kier alpha value is 1.41. The standard InChI is InChI=1S/C8H13O4.Ba.H/c1-9-4-8-5-11-6(3-12-8)7(8)10-2;;/h3,6-7H,4-5H2,1-2H3;;/q-1;+2;-1/t6-,7?,8+;;/m1../s1. The predicted molar refractivity (Wildman–Crippen MR) is 47.4 cm³/mol. The molecule has 3 atom stereocenters. The Kier molecular flexibility index (Phi) is 4.76. The van der Waals surface area contributed by atoms with Crippen LogP contribution in [-0.2, 0) is 18.9 Å². The first-order valence-electron chi connectivity index (χ1n) is 3.97. The van der Waals surface area contributed by atoms with Crippen molar-refractivity contribution in [2.24, 2.45) is 0 Å². The van der Waals surface area contributed by atoms with Gasteiger partial charge in [0.1, 0.15) is 5.60 Å². The normalized spacial score (nSPS) is 42.0. The van der Waals surface area contributed by atoms with E-state index in [2.05, 4.69) is 0 Å². The molecule has 5 heteroatoms. The van der Waals surface area contributed by atoms with Gasteiger partial charge in [0.2, 0.25) is 0 Å². The van der Waals surface area contributed by atoms with Gasteiger partial charge in [-0.1, -0.05) is 0 Å². The van der Waals surface area contributed by atoms with Gasteiger partial charge in [-0.15, -0.1) is 0 Å². The van der Waals surface area contributed by atoms with Crippen molar-refractivity contribution in [2.75, 3.05) is 27.4 Å². The summed E-state index contributed by atoms with van der Waals surface area (Å²) in [6.07, 6.45) is -0.0393. The third-order valence-electron chi connectivity index (χ3n) is 2.42. The van der Waals surface area contributed by atoms with Crippen LogP contribution in [0, 0.1) is 6.61 Å². The van der Waals surface area contributed by atoms with E-state index in [0.29, 0.717) is 13.2 Å². The maximum absolute atomic E-state index is 5.48. The van der Waals surface area contributed by atoms with Crippen LogP contribution in [0.1, 0.15) is 1.43 Å². The monoisotopic (exact) mass is 312 g/mol. The second kappa shape index (κ2) is 4.96. The number of hydrogen-bond donors (Lipinski definition) is 0. The van der Waals surface area contributed by atoms with Gasteiger partial charge in [-0.2, -0.15) is 6.61 Å². The fourth-order valence-electron chi connectivity index (χ4n) is 1.87. The van der Waals surface area contributed by atoms with Gasteiger partial charge in [0.15, 0.2) is 0 Å². The van der Waals surface area contributed by atoms with Crippen molar-refractivity contribution < 1.29 is 20.4 Å². The molecule has 0 spiro atoms. The summed E-state index contributed by atoms with van der Waals surface area (Å²) in [5.74, 6) is 0. The average Bonchev–Trinajstić information content (AvgIpc) is 2.58. The van der Waals surface area contributed by atoms with Gasteiger partial charge in [-0.3, -0.25) is 0 Å². The number of hydrogen-bond acceptors (Lipinski definition) is 4. The smallest absolute Gasteiger partial charge is 1.00 e. The second-order valence-corrected chi connectivity index (χ2v) is 3.18. The van der Waals surface area contributed by atoms with E-state index < -0.39 is 5.60 Å². The molecule has 2 rings (SSSR count). The summed E-state index contributed by atoms with van der Waals surface area (Å²) in [7, 11) is 3.32. The Morgan fingerprint density at radius 1 is 1.62 bits per heavy atom. The van der Waals surface area contributed by atoms with Gasteiger partial charge in [0.05, 0.1) is 19.3 Å². The fourth-order valence-corrected chi connectivity index (χ4v) is 1.87. The molecule has 0 aromatic heterocycles. The third kappa shape index (κ3) is 2.02. The first-order valence-corrected chi connectivity index (χ1v) is 3.97. The maximum Gasteiger partial charge on any atom is 2.00 e. The Balaban J connectivity index is 0.000000845. The van der Waals surface area contributed by atoms with Gasteiger partial charge in [0.25, 0.3) is 0 Å². The molecule has 4 nitrogen and oxygen atoms in total. The van der Waals surface area contributed by atoms with Gasteiger partial charge >= 0.3 is 48.9 Å². The van der Waals surface area contributed by atoms with Crippen LogP contribution in [0.4, 0.5) is 0 Å². The predicted octanol–water partition coefficient (Wildman–Crippen LogP) is -0.291. The zero-order valence-corrected chi connectivity index (χ0v) is 12.4.